The molecule has 1 fully saturated rings. The summed E-state index contributed by atoms with van der Waals surface area (Å²) < 4.78 is 18.0. The van der Waals surface area contributed by atoms with E-state index in [1.165, 1.54) is 4.90 Å². The fourth-order valence-electron chi connectivity index (χ4n) is 3.94. The maximum Gasteiger partial charge on any atom is 0.293 e. The first-order chi connectivity index (χ1) is 19.2. The second-order valence-corrected chi connectivity index (χ2v) is 11.1. The van der Waals surface area contributed by atoms with Crippen LogP contribution in [0, 0.1) is 17.4 Å². The van der Waals surface area contributed by atoms with Crippen molar-refractivity contribution in [2.24, 2.45) is 0 Å². The van der Waals surface area contributed by atoms with Gasteiger partial charge in [0.15, 0.2) is 18.1 Å². The number of halogens is 1. The predicted molar refractivity (Wildman–Crippen MR) is 165 cm³/mol. The third-order valence-electron chi connectivity index (χ3n) is 5.73. The van der Waals surface area contributed by atoms with Crippen LogP contribution < -0.4 is 19.5 Å². The number of benzene rings is 3. The number of aryl methyl sites for hydroxylation is 2. The van der Waals surface area contributed by atoms with Gasteiger partial charge in [0.25, 0.3) is 17.1 Å². The predicted octanol–water partition coefficient (Wildman–Crippen LogP) is 6.44. The summed E-state index contributed by atoms with van der Waals surface area (Å²) in [6.07, 6.45) is 1.66. The van der Waals surface area contributed by atoms with Gasteiger partial charge in [0.2, 0.25) is 0 Å². The van der Waals surface area contributed by atoms with Crippen LogP contribution in [0.25, 0.3) is 6.08 Å². The first-order valence-electron chi connectivity index (χ1n) is 12.6. The van der Waals surface area contributed by atoms with Crippen molar-refractivity contribution in [1.29, 1.82) is 0 Å². The zero-order valence-electron chi connectivity index (χ0n) is 22.4. The molecule has 0 aliphatic carbocycles. The number of hydrogen-bond acceptors (Lipinski definition) is 7. The Labute approximate surface area is 251 Å². The Balaban J connectivity index is 1.42. The van der Waals surface area contributed by atoms with Gasteiger partial charge in [-0.3, -0.25) is 19.3 Å². The molecule has 0 bridgehead atoms. The van der Waals surface area contributed by atoms with Crippen molar-refractivity contribution >= 4 is 63.2 Å². The Kier molecular flexibility index (Phi) is 10.1. The molecule has 10 heteroatoms. The number of nitrogens with zero attached hydrogens (tertiary/aromatic N) is 1. The third kappa shape index (κ3) is 7.79. The Hall–Kier alpha value is -3.51. The maximum atomic E-state index is 13.0. The lowest BCUT2D eigenvalue weighted by Crippen LogP contribution is -2.32. The first-order valence-corrected chi connectivity index (χ1v) is 14.5. The van der Waals surface area contributed by atoms with Crippen LogP contribution in [0.15, 0.2) is 65.6 Å². The van der Waals surface area contributed by atoms with Gasteiger partial charge in [0.05, 0.1) is 21.6 Å². The van der Waals surface area contributed by atoms with Gasteiger partial charge >= 0.3 is 0 Å². The normalized spacial score (nSPS) is 14.0. The average Bonchev–Trinajstić information content (AvgIpc) is 3.16. The topological polar surface area (TPSA) is 94.2 Å². The fraction of sp³-hybridized carbons (Fsp3) is 0.233. The standard InChI is InChI=1S/C30H29IN2O6S/c1-4-37-25-16-21(15-24(31)28(25)39-18-27(34)32-22-9-5-7-19(2)13-22)17-26-29(35)33(30(36)40-26)11-12-38-23-10-6-8-20(3)14-23/h5-10,13-17H,4,11-12,18H2,1-3H3,(H,32,34)/b26-17-. The Bertz CT molecular complexity index is 1460. The Morgan fingerprint density at radius 1 is 1.00 bits per heavy atom. The lowest BCUT2D eigenvalue weighted by Gasteiger charge is -2.15. The number of ether oxygens (including phenoxy) is 3. The number of amides is 3. The fourth-order valence-corrected chi connectivity index (χ4v) is 5.58. The van der Waals surface area contributed by atoms with Gasteiger partial charge in [-0.25, -0.2) is 0 Å². The molecule has 8 nitrogen and oxygen atoms in total. The summed E-state index contributed by atoms with van der Waals surface area (Å²) in [6, 6.07) is 18.6. The molecule has 0 saturated carbocycles. The minimum absolute atomic E-state index is 0.148. The lowest BCUT2D eigenvalue weighted by molar-refractivity contribution is -0.123. The number of imide groups is 1. The molecule has 0 atom stereocenters. The second kappa shape index (κ2) is 13.7. The smallest absolute Gasteiger partial charge is 0.293 e. The average molecular weight is 673 g/mol. The highest BCUT2D eigenvalue weighted by Crippen LogP contribution is 2.37. The highest BCUT2D eigenvalue weighted by Gasteiger charge is 2.35. The molecule has 1 aliphatic rings. The summed E-state index contributed by atoms with van der Waals surface area (Å²) in [5.74, 6) is 0.891. The van der Waals surface area contributed by atoms with Gasteiger partial charge in [0.1, 0.15) is 12.4 Å². The Morgan fingerprint density at radius 3 is 2.48 bits per heavy atom. The summed E-state index contributed by atoms with van der Waals surface area (Å²) in [7, 11) is 0. The van der Waals surface area contributed by atoms with Gasteiger partial charge in [0, 0.05) is 5.69 Å². The van der Waals surface area contributed by atoms with Crippen molar-refractivity contribution in [1.82, 2.24) is 4.90 Å². The van der Waals surface area contributed by atoms with E-state index in [1.54, 1.807) is 12.1 Å². The molecule has 40 heavy (non-hydrogen) atoms. The van der Waals surface area contributed by atoms with E-state index in [0.29, 0.717) is 43.6 Å². The van der Waals surface area contributed by atoms with Gasteiger partial charge in [-0.1, -0.05) is 24.3 Å². The zero-order valence-corrected chi connectivity index (χ0v) is 25.3. The van der Waals surface area contributed by atoms with Gasteiger partial charge in [-0.05, 0) is 114 Å². The Morgan fingerprint density at radius 2 is 1.75 bits per heavy atom. The number of thioether (sulfide) groups is 1. The van der Waals surface area contributed by atoms with Crippen molar-refractivity contribution in [3.05, 3.63) is 85.8 Å². The van der Waals surface area contributed by atoms with Crippen LogP contribution in [-0.2, 0) is 9.59 Å². The number of rotatable bonds is 11. The SMILES string of the molecule is CCOc1cc(/C=C2\SC(=O)N(CCOc3cccc(C)c3)C2=O)cc(I)c1OCC(=O)Nc1cccc(C)c1. The molecule has 3 aromatic rings. The summed E-state index contributed by atoms with van der Waals surface area (Å²) in [4.78, 5) is 39.5. The van der Waals surface area contributed by atoms with Gasteiger partial charge in [-0.2, -0.15) is 0 Å². The van der Waals surface area contributed by atoms with E-state index in [0.717, 1.165) is 22.9 Å². The molecule has 0 unspecified atom stereocenters. The van der Waals surface area contributed by atoms with Crippen LogP contribution >= 0.6 is 34.4 Å². The van der Waals surface area contributed by atoms with Crippen molar-refractivity contribution < 1.29 is 28.6 Å². The van der Waals surface area contributed by atoms with Crippen LogP contribution in [0.3, 0.4) is 0 Å². The molecule has 0 spiro atoms. The third-order valence-corrected chi connectivity index (χ3v) is 7.43. The molecule has 0 radical (unpaired) electrons. The molecule has 1 aliphatic heterocycles. The molecular formula is C30H29IN2O6S. The molecule has 3 amide bonds. The number of nitrogens with one attached hydrogen (secondary N) is 1. The minimum atomic E-state index is -0.371. The van der Waals surface area contributed by atoms with Crippen molar-refractivity contribution in [2.45, 2.75) is 20.8 Å². The molecule has 1 N–H and O–H groups in total. The second-order valence-electron chi connectivity index (χ2n) is 8.97. The zero-order chi connectivity index (χ0) is 28.6. The van der Waals surface area contributed by atoms with E-state index in [1.807, 2.05) is 75.4 Å². The van der Waals surface area contributed by atoms with E-state index in [-0.39, 0.29) is 36.8 Å². The monoisotopic (exact) mass is 672 g/mol. The van der Waals surface area contributed by atoms with Crippen LogP contribution in [0.4, 0.5) is 10.5 Å². The van der Waals surface area contributed by atoms with E-state index < -0.39 is 0 Å². The summed E-state index contributed by atoms with van der Waals surface area (Å²) >= 11 is 2.99. The molecular weight excluding hydrogens is 643 g/mol. The molecule has 3 aromatic carbocycles. The van der Waals surface area contributed by atoms with E-state index in [2.05, 4.69) is 27.9 Å². The molecule has 1 heterocycles. The molecule has 1 saturated heterocycles. The van der Waals surface area contributed by atoms with E-state index in [9.17, 15) is 14.4 Å². The lowest BCUT2D eigenvalue weighted by atomic mass is 10.2. The minimum Gasteiger partial charge on any atom is -0.492 e. The number of carbonyl (C=O) groups excluding carboxylic acids is 3. The first kappa shape index (κ1) is 29.5. The number of hydrogen-bond donors (Lipinski definition) is 1. The maximum absolute atomic E-state index is 13.0. The highest BCUT2D eigenvalue weighted by molar-refractivity contribution is 14.1. The van der Waals surface area contributed by atoms with E-state index in [4.69, 9.17) is 14.2 Å². The molecule has 208 valence electrons. The van der Waals surface area contributed by atoms with Gasteiger partial charge < -0.3 is 19.5 Å². The highest BCUT2D eigenvalue weighted by atomic mass is 127. The van der Waals surface area contributed by atoms with Crippen molar-refractivity contribution in [2.75, 3.05) is 31.7 Å². The molecule has 4 rings (SSSR count). The molecule has 0 aromatic heterocycles. The van der Waals surface area contributed by atoms with Crippen LogP contribution in [-0.4, -0.2) is 48.3 Å². The number of anilines is 1. The van der Waals surface area contributed by atoms with Crippen LogP contribution in [0.5, 0.6) is 17.2 Å². The van der Waals surface area contributed by atoms with Gasteiger partial charge in [-0.15, -0.1) is 0 Å². The van der Waals surface area contributed by atoms with Crippen molar-refractivity contribution in [3.63, 3.8) is 0 Å². The summed E-state index contributed by atoms with van der Waals surface area (Å²) in [6.45, 7) is 6.29. The summed E-state index contributed by atoms with van der Waals surface area (Å²) in [5.41, 5.74) is 3.47. The van der Waals surface area contributed by atoms with Crippen LogP contribution in [0.1, 0.15) is 23.6 Å². The van der Waals surface area contributed by atoms with Crippen LogP contribution in [0.2, 0.25) is 0 Å². The quantitative estimate of drug-likeness (QED) is 0.185. The van der Waals surface area contributed by atoms with Crippen molar-refractivity contribution in [3.8, 4) is 17.2 Å². The largest absolute Gasteiger partial charge is 0.492 e. The number of carbonyl (C=O) groups is 3. The summed E-state index contributed by atoms with van der Waals surface area (Å²) in [5, 5.41) is 2.48. The van der Waals surface area contributed by atoms with E-state index >= 15 is 0 Å².